The molecule has 2 aliphatic carbocycles. The van der Waals surface area contributed by atoms with Crippen LogP contribution in [0.25, 0.3) is 11.1 Å². The van der Waals surface area contributed by atoms with E-state index in [2.05, 4.69) is 66.8 Å². The monoisotopic (exact) mass is 432 g/mol. The van der Waals surface area contributed by atoms with Gasteiger partial charge in [0.2, 0.25) is 0 Å². The average Bonchev–Trinajstić information content (AvgIpc) is 3.13. The van der Waals surface area contributed by atoms with Crippen molar-refractivity contribution in [3.63, 3.8) is 0 Å². The normalized spacial score (nSPS) is 13.2. The number of allylic oxidation sites excluding steroid dienone is 4. The molecule has 2 aromatic rings. The average molecular weight is 435 g/mol. The molecule has 0 unspecified atom stereocenters. The molecule has 0 saturated heterocycles. The predicted octanol–water partition coefficient (Wildman–Crippen LogP) is -0.276. The van der Waals surface area contributed by atoms with Crippen LogP contribution >= 0.6 is 0 Å². The third kappa shape index (κ3) is 4.51. The summed E-state index contributed by atoms with van der Waals surface area (Å²) in [5.74, 6) is 0.385. The van der Waals surface area contributed by atoms with Gasteiger partial charge in [-0.3, -0.25) is 6.08 Å². The number of rotatable bonds is 1. The van der Waals surface area contributed by atoms with E-state index in [-0.39, 0.29) is 51.0 Å². The first-order valence-corrected chi connectivity index (χ1v) is 7.56. The Balaban J connectivity index is 0.000000827. The van der Waals surface area contributed by atoms with Crippen molar-refractivity contribution in [3.05, 3.63) is 89.9 Å². The van der Waals surface area contributed by atoms with Gasteiger partial charge in [0.25, 0.3) is 0 Å². The summed E-state index contributed by atoms with van der Waals surface area (Å²) in [6.45, 7) is 4.00. The molecule has 0 amide bonds. The van der Waals surface area contributed by atoms with E-state index >= 15 is 0 Å². The topological polar surface area (TPSA) is 0 Å². The molecule has 122 valence electrons. The third-order valence-electron chi connectivity index (χ3n) is 3.87. The maximum atomic E-state index is 3.49. The van der Waals surface area contributed by atoms with E-state index < -0.39 is 0 Å². The summed E-state index contributed by atoms with van der Waals surface area (Å²) in [5, 5.41) is 0. The minimum Gasteiger partial charge on any atom is -1.00 e. The molecule has 0 nitrogen and oxygen atoms in total. The Hall–Kier alpha value is -0.617. The van der Waals surface area contributed by atoms with Crippen LogP contribution < -0.4 is 24.8 Å². The minimum absolute atomic E-state index is 0. The first-order valence-electron chi connectivity index (χ1n) is 7.56. The maximum absolute atomic E-state index is 3.49. The van der Waals surface area contributed by atoms with Gasteiger partial charge in [-0.1, -0.05) is 48.5 Å². The molecule has 0 atom stereocenters. The molecule has 0 saturated carbocycles. The van der Waals surface area contributed by atoms with Gasteiger partial charge in [0.15, 0.2) is 0 Å². The molecule has 0 spiro atoms. The van der Waals surface area contributed by atoms with Gasteiger partial charge < -0.3 is 31.2 Å². The molecule has 0 heterocycles. The zero-order valence-electron chi connectivity index (χ0n) is 13.9. The Kier molecular flexibility index (Phi) is 10.8. The van der Waals surface area contributed by atoms with Crippen LogP contribution in [0.2, 0.25) is 0 Å². The van der Waals surface area contributed by atoms with Crippen LogP contribution in [-0.2, 0) is 26.2 Å². The Morgan fingerprint density at radius 1 is 0.875 bits per heavy atom. The molecule has 0 radical (unpaired) electrons. The van der Waals surface area contributed by atoms with Crippen molar-refractivity contribution in [2.24, 2.45) is 0 Å². The standard InChI is InChI=1S/C18H13.C3H7.2ClH.Zr/c1-2-8-13(7-1)18-16-11-5-3-9-14(16)15-10-4-6-12-17(15)18;1-3-2;;;/h1,3-7,9-12,18H,2H2;3H,1-2H3;2*1H;/q2*-1;;;+4/p-2. The van der Waals surface area contributed by atoms with Gasteiger partial charge in [-0.2, -0.15) is 19.9 Å². The summed E-state index contributed by atoms with van der Waals surface area (Å²) in [7, 11) is 0. The summed E-state index contributed by atoms with van der Waals surface area (Å²) in [4.78, 5) is 0. The maximum Gasteiger partial charge on any atom is 4.00 e. The van der Waals surface area contributed by atoms with Crippen molar-refractivity contribution in [2.75, 3.05) is 0 Å². The van der Waals surface area contributed by atoms with Gasteiger partial charge in [-0.25, -0.2) is 11.6 Å². The van der Waals surface area contributed by atoms with Crippen molar-refractivity contribution in [3.8, 4) is 11.1 Å². The summed E-state index contributed by atoms with van der Waals surface area (Å²) < 4.78 is 0. The van der Waals surface area contributed by atoms with E-state index in [9.17, 15) is 0 Å². The van der Waals surface area contributed by atoms with E-state index in [1.807, 2.05) is 20.3 Å². The number of hydrogen-bond acceptors (Lipinski definition) is 0. The van der Waals surface area contributed by atoms with Crippen molar-refractivity contribution in [1.82, 2.24) is 0 Å². The zero-order valence-corrected chi connectivity index (χ0v) is 17.9. The van der Waals surface area contributed by atoms with Crippen LogP contribution in [0.5, 0.6) is 0 Å². The van der Waals surface area contributed by atoms with Gasteiger partial charge in [-0.05, 0) is 22.3 Å². The number of hydrogen-bond donors (Lipinski definition) is 0. The second-order valence-electron chi connectivity index (χ2n) is 5.42. The number of fused-ring (bicyclic) bond motifs is 3. The van der Waals surface area contributed by atoms with E-state index in [0.717, 1.165) is 6.42 Å². The van der Waals surface area contributed by atoms with E-state index in [1.54, 1.807) is 0 Å². The largest absolute Gasteiger partial charge is 4.00 e. The summed E-state index contributed by atoms with van der Waals surface area (Å²) in [5.41, 5.74) is 6.94. The van der Waals surface area contributed by atoms with Crippen LogP contribution in [0, 0.1) is 12.5 Å². The van der Waals surface area contributed by atoms with Gasteiger partial charge in [0.05, 0.1) is 0 Å². The molecule has 0 aliphatic heterocycles. The Bertz CT molecular complexity index is 659. The molecular formula is C21H20Cl2Zr. The van der Waals surface area contributed by atoms with Gasteiger partial charge in [-0.15, -0.1) is 6.42 Å². The Morgan fingerprint density at radius 3 is 1.75 bits per heavy atom. The molecule has 0 aromatic heterocycles. The van der Waals surface area contributed by atoms with Crippen LogP contribution in [0.3, 0.4) is 0 Å². The van der Waals surface area contributed by atoms with Crippen molar-refractivity contribution in [2.45, 2.75) is 26.2 Å². The summed E-state index contributed by atoms with van der Waals surface area (Å²) in [6.07, 6.45) is 10.9. The third-order valence-corrected chi connectivity index (χ3v) is 3.87. The quantitative estimate of drug-likeness (QED) is 0.542. The zero-order chi connectivity index (χ0) is 14.7. The SMILES string of the molecule is C[CH-]C.[C-]1=C(C2c3ccccc3-c3ccccc32)C=CC1.[Cl-].[Cl-].[Zr+4]. The van der Waals surface area contributed by atoms with E-state index in [0.29, 0.717) is 5.92 Å². The van der Waals surface area contributed by atoms with Crippen LogP contribution in [0.1, 0.15) is 37.3 Å². The summed E-state index contributed by atoms with van der Waals surface area (Å²) >= 11 is 0. The molecule has 4 rings (SSSR count). The predicted molar refractivity (Wildman–Crippen MR) is 89.9 cm³/mol. The molecular weight excluding hydrogens is 414 g/mol. The second kappa shape index (κ2) is 11.1. The van der Waals surface area contributed by atoms with Gasteiger partial charge >= 0.3 is 26.2 Å². The first kappa shape index (κ1) is 23.4. The smallest absolute Gasteiger partial charge is 1.00 e. The molecule has 0 bridgehead atoms. The van der Waals surface area contributed by atoms with Crippen LogP contribution in [0.4, 0.5) is 0 Å². The Labute approximate surface area is 177 Å². The van der Waals surface area contributed by atoms with E-state index in [1.165, 1.54) is 27.8 Å². The van der Waals surface area contributed by atoms with Crippen LogP contribution in [0.15, 0.2) is 66.3 Å². The van der Waals surface area contributed by atoms with Crippen molar-refractivity contribution in [1.29, 1.82) is 0 Å². The van der Waals surface area contributed by atoms with Gasteiger partial charge in [0.1, 0.15) is 0 Å². The van der Waals surface area contributed by atoms with Gasteiger partial charge in [0, 0.05) is 5.92 Å². The fraction of sp³-hybridized carbons (Fsp3) is 0.190. The Morgan fingerprint density at radius 2 is 1.33 bits per heavy atom. The van der Waals surface area contributed by atoms with Crippen molar-refractivity contribution >= 4 is 0 Å². The molecule has 2 aromatic carbocycles. The number of halogens is 2. The second-order valence-corrected chi connectivity index (χ2v) is 5.42. The van der Waals surface area contributed by atoms with Crippen LogP contribution in [-0.4, -0.2) is 0 Å². The minimum atomic E-state index is 0. The van der Waals surface area contributed by atoms with E-state index in [4.69, 9.17) is 0 Å². The first-order chi connectivity index (χ1) is 10.4. The fourth-order valence-corrected chi connectivity index (χ4v) is 3.11. The molecule has 3 heteroatoms. The number of benzene rings is 2. The molecule has 24 heavy (non-hydrogen) atoms. The summed E-state index contributed by atoms with van der Waals surface area (Å²) in [6, 6.07) is 17.5. The molecule has 0 fully saturated rings. The molecule has 0 N–H and O–H groups in total. The van der Waals surface area contributed by atoms with Crippen molar-refractivity contribution < 1.29 is 51.0 Å². The molecule has 2 aliphatic rings. The fourth-order valence-electron chi connectivity index (χ4n) is 3.11.